The molecule has 8 heteroatoms. The summed E-state index contributed by atoms with van der Waals surface area (Å²) in [4.78, 5) is 17.5. The summed E-state index contributed by atoms with van der Waals surface area (Å²) < 4.78 is 25.3. The fraction of sp³-hybridized carbons (Fsp3) is 0.407. The molecule has 0 radical (unpaired) electrons. The van der Waals surface area contributed by atoms with Gasteiger partial charge in [0.2, 0.25) is 0 Å². The predicted molar refractivity (Wildman–Crippen MR) is 140 cm³/mol. The van der Waals surface area contributed by atoms with Crippen LogP contribution < -0.4 is 15.4 Å². The van der Waals surface area contributed by atoms with Gasteiger partial charge in [0.25, 0.3) is 5.56 Å². The molecule has 3 heterocycles. The Morgan fingerprint density at radius 1 is 0.943 bits per heavy atom. The minimum absolute atomic E-state index is 0.138. The van der Waals surface area contributed by atoms with Crippen molar-refractivity contribution in [1.29, 1.82) is 5.26 Å². The maximum atomic E-state index is 13.2. The summed E-state index contributed by atoms with van der Waals surface area (Å²) in [6.07, 6.45) is 3.03. The van der Waals surface area contributed by atoms with Crippen molar-refractivity contribution in [2.24, 2.45) is 7.05 Å². The average molecular weight is 491 g/mol. The van der Waals surface area contributed by atoms with E-state index >= 15 is 0 Å². The maximum absolute atomic E-state index is 13.2. The highest BCUT2D eigenvalue weighted by Gasteiger charge is 2.26. The van der Waals surface area contributed by atoms with Gasteiger partial charge in [0.05, 0.1) is 22.7 Å². The molecule has 7 nitrogen and oxygen atoms in total. The van der Waals surface area contributed by atoms with Crippen LogP contribution in [0.15, 0.2) is 53.3 Å². The first kappa shape index (κ1) is 23.4. The second-order valence-corrected chi connectivity index (χ2v) is 11.9. The number of nitriles is 1. The topological polar surface area (TPSA) is 86.4 Å². The Labute approximate surface area is 206 Å². The molecule has 3 aromatic rings. The third kappa shape index (κ3) is 4.53. The van der Waals surface area contributed by atoms with Crippen molar-refractivity contribution in [1.82, 2.24) is 4.57 Å². The molecule has 2 aromatic carbocycles. The Bertz CT molecular complexity index is 1440. The number of aryl methyl sites for hydroxylation is 1. The van der Waals surface area contributed by atoms with Gasteiger partial charge in [-0.25, -0.2) is 8.42 Å². The standard InChI is InChI=1S/C27H30N4O3S/c1-29-25-18-22(30-14-16-35(33,34)17-15-30)9-10-23(25)26(24(19-28)27(29)32)31-12-5-8-21(11-13-31)20-6-3-2-4-7-20/h2-4,6-7,9-10,18,21H,5,8,11-17H2,1H3. The van der Waals surface area contributed by atoms with Gasteiger partial charge in [0, 0.05) is 44.3 Å². The van der Waals surface area contributed by atoms with Crippen LogP contribution in [-0.2, 0) is 16.9 Å². The fourth-order valence-corrected chi connectivity index (χ4v) is 6.69. The first-order chi connectivity index (χ1) is 16.9. The summed E-state index contributed by atoms with van der Waals surface area (Å²) in [7, 11) is -1.28. The molecule has 0 aliphatic carbocycles. The van der Waals surface area contributed by atoms with Crippen LogP contribution >= 0.6 is 0 Å². The predicted octanol–water partition coefficient (Wildman–Crippen LogP) is 3.42. The molecule has 0 N–H and O–H groups in total. The maximum Gasteiger partial charge on any atom is 0.270 e. The lowest BCUT2D eigenvalue weighted by Crippen LogP contribution is -2.40. The zero-order chi connectivity index (χ0) is 24.6. The number of aromatic nitrogens is 1. The third-order valence-corrected chi connectivity index (χ3v) is 9.10. The highest BCUT2D eigenvalue weighted by Crippen LogP contribution is 2.35. The molecule has 2 fully saturated rings. The van der Waals surface area contributed by atoms with E-state index in [9.17, 15) is 18.5 Å². The van der Waals surface area contributed by atoms with Crippen LogP contribution in [0.3, 0.4) is 0 Å². The Kier molecular flexibility index (Phi) is 6.28. The summed E-state index contributed by atoms with van der Waals surface area (Å²) in [5.41, 5.74) is 3.63. The highest BCUT2D eigenvalue weighted by molar-refractivity contribution is 7.91. The van der Waals surface area contributed by atoms with Crippen molar-refractivity contribution in [2.75, 3.05) is 47.5 Å². The molecule has 0 spiro atoms. The summed E-state index contributed by atoms with van der Waals surface area (Å²) in [5, 5.41) is 10.9. The van der Waals surface area contributed by atoms with Gasteiger partial charge >= 0.3 is 0 Å². The molecular formula is C27H30N4O3S. The van der Waals surface area contributed by atoms with Gasteiger partial charge in [-0.2, -0.15) is 5.26 Å². The molecule has 1 unspecified atom stereocenters. The number of benzene rings is 2. The van der Waals surface area contributed by atoms with E-state index in [4.69, 9.17) is 0 Å². The number of sulfone groups is 1. The van der Waals surface area contributed by atoms with Crippen LogP contribution in [-0.4, -0.2) is 50.7 Å². The summed E-state index contributed by atoms with van der Waals surface area (Å²) in [6, 6.07) is 18.7. The first-order valence-electron chi connectivity index (χ1n) is 12.2. The monoisotopic (exact) mass is 490 g/mol. The van der Waals surface area contributed by atoms with E-state index in [2.05, 4.69) is 40.1 Å². The number of fused-ring (bicyclic) bond motifs is 1. The Balaban J connectivity index is 1.53. The van der Waals surface area contributed by atoms with Gasteiger partial charge in [-0.1, -0.05) is 30.3 Å². The lowest BCUT2D eigenvalue weighted by molar-refractivity contribution is 0.587. The second-order valence-electron chi connectivity index (χ2n) is 9.57. The van der Waals surface area contributed by atoms with Crippen LogP contribution in [0.1, 0.15) is 36.3 Å². The van der Waals surface area contributed by atoms with E-state index in [0.29, 0.717) is 19.0 Å². The van der Waals surface area contributed by atoms with Crippen LogP contribution in [0.25, 0.3) is 10.9 Å². The number of nitrogens with zero attached hydrogens (tertiary/aromatic N) is 4. The van der Waals surface area contributed by atoms with E-state index in [1.165, 1.54) is 5.56 Å². The van der Waals surface area contributed by atoms with E-state index in [0.717, 1.165) is 54.6 Å². The number of hydrogen-bond donors (Lipinski definition) is 0. The molecule has 5 rings (SSSR count). The van der Waals surface area contributed by atoms with Crippen LogP contribution in [0.5, 0.6) is 0 Å². The van der Waals surface area contributed by atoms with Crippen LogP contribution in [0, 0.1) is 11.3 Å². The van der Waals surface area contributed by atoms with Gasteiger partial charge in [-0.05, 0) is 48.9 Å². The van der Waals surface area contributed by atoms with Crippen molar-refractivity contribution in [3.63, 3.8) is 0 Å². The summed E-state index contributed by atoms with van der Waals surface area (Å²) in [6.45, 7) is 2.46. The van der Waals surface area contributed by atoms with Gasteiger partial charge in [0.1, 0.15) is 11.6 Å². The molecule has 2 aliphatic rings. The van der Waals surface area contributed by atoms with E-state index in [1.54, 1.807) is 11.6 Å². The minimum Gasteiger partial charge on any atom is -0.370 e. The Morgan fingerprint density at radius 2 is 1.69 bits per heavy atom. The molecule has 1 atom stereocenters. The van der Waals surface area contributed by atoms with E-state index in [-0.39, 0.29) is 22.6 Å². The molecule has 0 saturated carbocycles. The number of hydrogen-bond acceptors (Lipinski definition) is 6. The number of rotatable bonds is 3. The van der Waals surface area contributed by atoms with Crippen molar-refractivity contribution in [2.45, 2.75) is 25.2 Å². The third-order valence-electron chi connectivity index (χ3n) is 7.49. The van der Waals surface area contributed by atoms with Gasteiger partial charge in [0.15, 0.2) is 9.84 Å². The quantitative estimate of drug-likeness (QED) is 0.559. The largest absolute Gasteiger partial charge is 0.370 e. The van der Waals surface area contributed by atoms with Crippen LogP contribution in [0.4, 0.5) is 11.4 Å². The summed E-state index contributed by atoms with van der Waals surface area (Å²) >= 11 is 0. The smallest absolute Gasteiger partial charge is 0.270 e. The zero-order valence-corrected chi connectivity index (χ0v) is 20.8. The normalized spacial score (nSPS) is 20.4. The molecule has 1 aromatic heterocycles. The van der Waals surface area contributed by atoms with Gasteiger partial charge in [-0.3, -0.25) is 4.79 Å². The molecule has 0 amide bonds. The molecule has 182 valence electrons. The average Bonchev–Trinajstić information content (AvgIpc) is 3.12. The Morgan fingerprint density at radius 3 is 2.40 bits per heavy atom. The molecule has 2 aliphatic heterocycles. The van der Waals surface area contributed by atoms with Crippen molar-refractivity contribution in [3.05, 3.63) is 70.0 Å². The van der Waals surface area contributed by atoms with Crippen molar-refractivity contribution >= 4 is 32.1 Å². The van der Waals surface area contributed by atoms with Crippen molar-refractivity contribution in [3.8, 4) is 6.07 Å². The Hall–Kier alpha value is -3.31. The lowest BCUT2D eigenvalue weighted by atomic mass is 9.92. The number of anilines is 2. The van der Waals surface area contributed by atoms with Crippen LogP contribution in [0.2, 0.25) is 0 Å². The van der Waals surface area contributed by atoms with E-state index in [1.807, 2.05) is 24.3 Å². The molecular weight excluding hydrogens is 460 g/mol. The van der Waals surface area contributed by atoms with Gasteiger partial charge < -0.3 is 14.4 Å². The van der Waals surface area contributed by atoms with Gasteiger partial charge in [-0.15, -0.1) is 0 Å². The number of pyridine rings is 1. The van der Waals surface area contributed by atoms with Crippen molar-refractivity contribution < 1.29 is 8.42 Å². The van der Waals surface area contributed by atoms with E-state index < -0.39 is 9.84 Å². The SMILES string of the molecule is Cn1c(=O)c(C#N)c(N2CCCC(c3ccccc3)CC2)c2ccc(N3CCS(=O)(=O)CC3)cc21. The zero-order valence-electron chi connectivity index (χ0n) is 20.0. The fourth-order valence-electron chi connectivity index (χ4n) is 5.49. The summed E-state index contributed by atoms with van der Waals surface area (Å²) in [5.74, 6) is 0.740. The highest BCUT2D eigenvalue weighted by atomic mass is 32.2. The minimum atomic E-state index is -2.98. The second kappa shape index (κ2) is 9.38. The lowest BCUT2D eigenvalue weighted by Gasteiger charge is -2.30. The molecule has 0 bridgehead atoms. The first-order valence-corrected chi connectivity index (χ1v) is 14.0. The molecule has 2 saturated heterocycles. The molecule has 35 heavy (non-hydrogen) atoms.